The molecule has 1 aliphatic heterocycles. The van der Waals surface area contributed by atoms with Crippen molar-refractivity contribution < 1.29 is 9.47 Å². The number of nitrogens with zero attached hydrogens (tertiary/aromatic N) is 2. The maximum atomic E-state index is 5.68. The molecule has 2 heterocycles. The van der Waals surface area contributed by atoms with E-state index in [0.29, 0.717) is 13.3 Å². The molecular formula is C19H25N3O2S2. The van der Waals surface area contributed by atoms with Crippen LogP contribution in [0.4, 0.5) is 0 Å². The number of hydrogen-bond acceptors (Lipinski definition) is 5. The summed E-state index contributed by atoms with van der Waals surface area (Å²) in [7, 11) is 4.19. The van der Waals surface area contributed by atoms with Gasteiger partial charge in [0.1, 0.15) is 0 Å². The summed E-state index contributed by atoms with van der Waals surface area (Å²) in [5.41, 5.74) is 1.13. The van der Waals surface area contributed by atoms with Crippen molar-refractivity contribution in [1.82, 2.24) is 15.1 Å². The van der Waals surface area contributed by atoms with Crippen LogP contribution in [-0.4, -0.2) is 48.9 Å². The van der Waals surface area contributed by atoms with Gasteiger partial charge in [-0.3, -0.25) is 0 Å². The standard InChI is InChI=1S/C19H25N3O2S2/c1-21(2)8-4-9-22(13-16-5-3-10-26-16)19(25)20-12-15-6-7-17-18(11-15)24-14-23-17/h3,5-7,10-11H,4,8-9,12-14H2,1-2H3,(H,20,25). The van der Waals surface area contributed by atoms with Gasteiger partial charge in [-0.2, -0.15) is 0 Å². The Morgan fingerprint density at radius 3 is 2.81 bits per heavy atom. The molecule has 0 saturated heterocycles. The van der Waals surface area contributed by atoms with Crippen LogP contribution in [0.3, 0.4) is 0 Å². The Morgan fingerprint density at radius 1 is 1.19 bits per heavy atom. The van der Waals surface area contributed by atoms with Crippen LogP contribution in [0.2, 0.25) is 0 Å². The van der Waals surface area contributed by atoms with E-state index in [2.05, 4.69) is 46.7 Å². The Kier molecular flexibility index (Phi) is 6.71. The highest BCUT2D eigenvalue weighted by atomic mass is 32.1. The third kappa shape index (κ3) is 5.33. The van der Waals surface area contributed by atoms with Crippen LogP contribution in [0, 0.1) is 0 Å². The van der Waals surface area contributed by atoms with Gasteiger partial charge in [-0.15, -0.1) is 11.3 Å². The fraction of sp³-hybridized carbons (Fsp3) is 0.421. The molecule has 0 bridgehead atoms. The van der Waals surface area contributed by atoms with Crippen LogP contribution < -0.4 is 14.8 Å². The second kappa shape index (κ2) is 9.21. The van der Waals surface area contributed by atoms with Crippen molar-refractivity contribution in [3.8, 4) is 11.5 Å². The number of thiocarbonyl (C=S) groups is 1. The smallest absolute Gasteiger partial charge is 0.231 e. The maximum Gasteiger partial charge on any atom is 0.231 e. The number of thiophene rings is 1. The van der Waals surface area contributed by atoms with Gasteiger partial charge in [0.05, 0.1) is 6.54 Å². The summed E-state index contributed by atoms with van der Waals surface area (Å²) in [4.78, 5) is 5.77. The monoisotopic (exact) mass is 391 g/mol. The molecule has 1 aliphatic rings. The van der Waals surface area contributed by atoms with Gasteiger partial charge in [0.2, 0.25) is 6.79 Å². The average molecular weight is 392 g/mol. The van der Waals surface area contributed by atoms with Gasteiger partial charge in [0.25, 0.3) is 0 Å². The summed E-state index contributed by atoms with van der Waals surface area (Å²) in [6, 6.07) is 10.2. The summed E-state index contributed by atoms with van der Waals surface area (Å²) in [5.74, 6) is 1.61. The van der Waals surface area contributed by atoms with Gasteiger partial charge < -0.3 is 24.6 Å². The van der Waals surface area contributed by atoms with Gasteiger partial charge in [-0.25, -0.2) is 0 Å². The fourth-order valence-corrected chi connectivity index (χ4v) is 3.71. The second-order valence-electron chi connectivity index (χ2n) is 6.50. The van der Waals surface area contributed by atoms with Crippen LogP contribution in [0.25, 0.3) is 0 Å². The zero-order valence-corrected chi connectivity index (χ0v) is 16.9. The third-order valence-corrected chi connectivity index (χ3v) is 5.39. The lowest BCUT2D eigenvalue weighted by molar-refractivity contribution is 0.174. The van der Waals surface area contributed by atoms with E-state index in [1.165, 1.54) is 4.88 Å². The molecule has 1 aromatic heterocycles. The molecule has 3 rings (SSSR count). The minimum absolute atomic E-state index is 0.297. The normalized spacial score (nSPS) is 12.4. The summed E-state index contributed by atoms with van der Waals surface area (Å²) < 4.78 is 10.8. The van der Waals surface area contributed by atoms with Crippen molar-refractivity contribution in [1.29, 1.82) is 0 Å². The fourth-order valence-electron chi connectivity index (χ4n) is 2.76. The van der Waals surface area contributed by atoms with E-state index < -0.39 is 0 Å². The molecule has 0 fully saturated rings. The second-order valence-corrected chi connectivity index (χ2v) is 7.92. The molecule has 5 nitrogen and oxygen atoms in total. The van der Waals surface area contributed by atoms with Crippen molar-refractivity contribution in [3.63, 3.8) is 0 Å². The number of hydrogen-bond donors (Lipinski definition) is 1. The first-order chi connectivity index (χ1) is 12.6. The molecule has 0 spiro atoms. The van der Waals surface area contributed by atoms with Gasteiger partial charge in [-0.1, -0.05) is 12.1 Å². The van der Waals surface area contributed by atoms with E-state index in [-0.39, 0.29) is 0 Å². The van der Waals surface area contributed by atoms with Crippen LogP contribution in [-0.2, 0) is 13.1 Å². The van der Waals surface area contributed by atoms with E-state index in [4.69, 9.17) is 21.7 Å². The van der Waals surface area contributed by atoms with E-state index in [9.17, 15) is 0 Å². The zero-order valence-electron chi connectivity index (χ0n) is 15.2. The Morgan fingerprint density at radius 2 is 2.04 bits per heavy atom. The van der Waals surface area contributed by atoms with Crippen molar-refractivity contribution >= 4 is 28.7 Å². The predicted molar refractivity (Wildman–Crippen MR) is 110 cm³/mol. The van der Waals surface area contributed by atoms with Gasteiger partial charge in [-0.05, 0) is 68.4 Å². The van der Waals surface area contributed by atoms with E-state index >= 15 is 0 Å². The van der Waals surface area contributed by atoms with Crippen LogP contribution >= 0.6 is 23.6 Å². The lowest BCUT2D eigenvalue weighted by Crippen LogP contribution is -2.40. The number of rotatable bonds is 8. The summed E-state index contributed by atoms with van der Waals surface area (Å²) >= 11 is 7.44. The molecule has 0 atom stereocenters. The summed E-state index contributed by atoms with van der Waals surface area (Å²) in [6.07, 6.45) is 1.07. The molecule has 1 aromatic carbocycles. The quantitative estimate of drug-likeness (QED) is 0.696. The number of benzene rings is 1. The molecule has 140 valence electrons. The molecule has 7 heteroatoms. The molecule has 0 aliphatic carbocycles. The molecular weight excluding hydrogens is 366 g/mol. The Hall–Kier alpha value is -1.83. The van der Waals surface area contributed by atoms with Crippen LogP contribution in [0.15, 0.2) is 35.7 Å². The summed E-state index contributed by atoms with van der Waals surface area (Å²) in [5, 5.41) is 6.29. The highest BCUT2D eigenvalue weighted by Gasteiger charge is 2.14. The average Bonchev–Trinajstić information content (AvgIpc) is 3.29. The zero-order chi connectivity index (χ0) is 18.4. The molecule has 26 heavy (non-hydrogen) atoms. The SMILES string of the molecule is CN(C)CCCN(Cc1cccs1)C(=S)NCc1ccc2c(c1)OCO2. The topological polar surface area (TPSA) is 37.0 Å². The minimum Gasteiger partial charge on any atom is -0.454 e. The number of nitrogens with one attached hydrogen (secondary N) is 1. The molecule has 1 N–H and O–H groups in total. The van der Waals surface area contributed by atoms with Gasteiger partial charge in [0.15, 0.2) is 16.6 Å². The van der Waals surface area contributed by atoms with Crippen LogP contribution in [0.1, 0.15) is 16.9 Å². The van der Waals surface area contributed by atoms with Crippen molar-refractivity contribution in [2.75, 3.05) is 34.0 Å². The highest BCUT2D eigenvalue weighted by Crippen LogP contribution is 2.32. The first kappa shape index (κ1) is 18.9. The third-order valence-electron chi connectivity index (χ3n) is 4.13. The minimum atomic E-state index is 0.297. The van der Waals surface area contributed by atoms with Gasteiger partial charge in [0, 0.05) is 18.0 Å². The summed E-state index contributed by atoms with van der Waals surface area (Å²) in [6.45, 7) is 3.79. The molecule has 2 aromatic rings. The Bertz CT molecular complexity index is 720. The lowest BCUT2D eigenvalue weighted by atomic mass is 10.2. The molecule has 0 amide bonds. The predicted octanol–water partition coefficient (Wildman–Crippen LogP) is 3.31. The van der Waals surface area contributed by atoms with E-state index in [0.717, 1.165) is 48.2 Å². The first-order valence-corrected chi connectivity index (χ1v) is 9.99. The molecule has 0 radical (unpaired) electrons. The van der Waals surface area contributed by atoms with Crippen molar-refractivity contribution in [2.45, 2.75) is 19.5 Å². The first-order valence-electron chi connectivity index (χ1n) is 8.70. The molecule has 0 unspecified atom stereocenters. The van der Waals surface area contributed by atoms with Crippen LogP contribution in [0.5, 0.6) is 11.5 Å². The maximum absolute atomic E-state index is 5.68. The van der Waals surface area contributed by atoms with E-state index in [1.54, 1.807) is 11.3 Å². The Balaban J connectivity index is 1.56. The Labute approximate surface area is 164 Å². The highest BCUT2D eigenvalue weighted by molar-refractivity contribution is 7.80. The van der Waals surface area contributed by atoms with E-state index in [1.807, 2.05) is 18.2 Å². The largest absolute Gasteiger partial charge is 0.454 e. The number of ether oxygens (including phenoxy) is 2. The van der Waals surface area contributed by atoms with Gasteiger partial charge >= 0.3 is 0 Å². The lowest BCUT2D eigenvalue weighted by Gasteiger charge is -2.26. The number of fused-ring (bicyclic) bond motifs is 1. The van der Waals surface area contributed by atoms with Crippen molar-refractivity contribution in [2.24, 2.45) is 0 Å². The molecule has 0 saturated carbocycles. The van der Waals surface area contributed by atoms with Crippen molar-refractivity contribution in [3.05, 3.63) is 46.2 Å².